The third kappa shape index (κ3) is 5.84. The number of carbonyl (C=O) groups is 1. The summed E-state index contributed by atoms with van der Waals surface area (Å²) in [6, 6.07) is 25.9. The first-order valence-electron chi connectivity index (χ1n) is 13.0. The molecule has 4 aromatic rings. The number of carbonyl (C=O) groups excluding carboxylic acids is 1. The van der Waals surface area contributed by atoms with E-state index in [9.17, 15) is 4.79 Å². The average molecular weight is 554 g/mol. The Hall–Kier alpha value is -3.68. The molecule has 1 amide bonds. The molecule has 1 atom stereocenters. The van der Waals surface area contributed by atoms with Crippen LogP contribution in [0.5, 0.6) is 5.75 Å². The molecule has 0 spiro atoms. The summed E-state index contributed by atoms with van der Waals surface area (Å²) >= 11 is 7.00. The lowest BCUT2D eigenvalue weighted by Crippen LogP contribution is -2.30. The van der Waals surface area contributed by atoms with Crippen molar-refractivity contribution in [2.45, 2.75) is 33.7 Å². The van der Waals surface area contributed by atoms with Gasteiger partial charge in [-0.3, -0.25) is 9.69 Å². The fourth-order valence-corrected chi connectivity index (χ4v) is 5.89. The number of nitrogens with zero attached hydrogens (tertiary/aromatic N) is 3. The number of para-hydroxylation sites is 1. The maximum Gasteiger partial charge on any atom is 0.266 e. The first-order valence-corrected chi connectivity index (χ1v) is 14.2. The third-order valence-corrected chi connectivity index (χ3v) is 7.89. The van der Waals surface area contributed by atoms with Crippen molar-refractivity contribution in [2.75, 3.05) is 6.61 Å². The van der Waals surface area contributed by atoms with Gasteiger partial charge in [-0.2, -0.15) is 5.10 Å². The zero-order valence-electron chi connectivity index (χ0n) is 22.5. The van der Waals surface area contributed by atoms with Crippen molar-refractivity contribution < 1.29 is 9.53 Å². The lowest BCUT2D eigenvalue weighted by molar-refractivity contribution is -0.123. The molecule has 0 aliphatic carbocycles. The zero-order valence-corrected chi connectivity index (χ0v) is 24.1. The van der Waals surface area contributed by atoms with Crippen molar-refractivity contribution in [3.05, 3.63) is 107 Å². The van der Waals surface area contributed by atoms with Crippen LogP contribution in [0.4, 0.5) is 0 Å². The first kappa shape index (κ1) is 26.9. The Labute approximate surface area is 239 Å². The highest BCUT2D eigenvalue weighted by Gasteiger charge is 2.36. The van der Waals surface area contributed by atoms with Crippen molar-refractivity contribution in [3.63, 3.8) is 0 Å². The SMILES string of the molecule is Cc1cc(-c2nn(-c3ccccc3)cc2/C=C2\SC(=S)N([C@H](C)c3ccccc3)C2=O)ccc1OCC(C)C. The van der Waals surface area contributed by atoms with E-state index in [1.165, 1.54) is 11.8 Å². The molecule has 5 rings (SSSR count). The molecule has 1 aromatic heterocycles. The van der Waals surface area contributed by atoms with Gasteiger partial charge in [-0.25, -0.2) is 4.68 Å². The van der Waals surface area contributed by atoms with Crippen LogP contribution in [-0.4, -0.2) is 31.5 Å². The van der Waals surface area contributed by atoms with Gasteiger partial charge in [0, 0.05) is 17.3 Å². The van der Waals surface area contributed by atoms with Crippen molar-refractivity contribution >= 4 is 40.3 Å². The Bertz CT molecular complexity index is 1530. The highest BCUT2D eigenvalue weighted by Crippen LogP contribution is 2.39. The summed E-state index contributed by atoms with van der Waals surface area (Å²) in [7, 11) is 0. The monoisotopic (exact) mass is 553 g/mol. The standard InChI is InChI=1S/C32H31N3O2S2/c1-21(2)20-37-28-16-15-25(17-22(28)3)30-26(19-34(33-30)27-13-9-6-10-14-27)18-29-31(36)35(32(38)39-29)23(4)24-11-7-5-8-12-24/h5-19,21,23H,20H2,1-4H3/b29-18-/t23-/m1/s1. The van der Waals surface area contributed by atoms with Gasteiger partial charge in [0.1, 0.15) is 15.8 Å². The van der Waals surface area contributed by atoms with Crippen molar-refractivity contribution in [3.8, 4) is 22.7 Å². The topological polar surface area (TPSA) is 47.4 Å². The second-order valence-electron chi connectivity index (χ2n) is 10.0. The van der Waals surface area contributed by atoms with Crippen LogP contribution in [0.25, 0.3) is 23.0 Å². The van der Waals surface area contributed by atoms with E-state index in [0.29, 0.717) is 21.8 Å². The molecular weight excluding hydrogens is 523 g/mol. The van der Waals surface area contributed by atoms with E-state index in [2.05, 4.69) is 19.9 Å². The number of thioether (sulfide) groups is 1. The van der Waals surface area contributed by atoms with Gasteiger partial charge in [0.25, 0.3) is 5.91 Å². The summed E-state index contributed by atoms with van der Waals surface area (Å²) < 4.78 is 8.40. The highest BCUT2D eigenvalue weighted by atomic mass is 32.2. The van der Waals surface area contributed by atoms with Gasteiger partial charge in [-0.1, -0.05) is 86.4 Å². The van der Waals surface area contributed by atoms with Crippen LogP contribution in [0.3, 0.4) is 0 Å². The molecule has 0 N–H and O–H groups in total. The van der Waals surface area contributed by atoms with E-state index in [1.807, 2.05) is 104 Å². The number of hydrogen-bond acceptors (Lipinski definition) is 5. The van der Waals surface area contributed by atoms with Crippen LogP contribution < -0.4 is 4.74 Å². The van der Waals surface area contributed by atoms with E-state index < -0.39 is 0 Å². The Balaban J connectivity index is 1.52. The molecule has 1 aliphatic rings. The molecule has 3 aromatic carbocycles. The predicted octanol–water partition coefficient (Wildman–Crippen LogP) is 7.84. The van der Waals surface area contributed by atoms with Gasteiger partial charge in [0.2, 0.25) is 0 Å². The minimum absolute atomic E-state index is 0.0895. The largest absolute Gasteiger partial charge is 0.493 e. The van der Waals surface area contributed by atoms with E-state index in [4.69, 9.17) is 22.1 Å². The molecule has 39 heavy (non-hydrogen) atoms. The zero-order chi connectivity index (χ0) is 27.5. The Morgan fingerprint density at radius 2 is 1.69 bits per heavy atom. The van der Waals surface area contributed by atoms with Crippen LogP contribution in [-0.2, 0) is 4.79 Å². The number of thiocarbonyl (C=S) groups is 1. The van der Waals surface area contributed by atoms with Gasteiger partial charge in [0.05, 0.1) is 23.2 Å². The van der Waals surface area contributed by atoms with Crippen LogP contribution in [0.15, 0.2) is 90.0 Å². The summed E-state index contributed by atoms with van der Waals surface area (Å²) in [5.74, 6) is 1.22. The van der Waals surface area contributed by atoms with Gasteiger partial charge in [-0.15, -0.1) is 0 Å². The Kier molecular flexibility index (Phi) is 8.00. The van der Waals surface area contributed by atoms with Gasteiger partial charge in [-0.05, 0) is 67.3 Å². The van der Waals surface area contributed by atoms with Crippen molar-refractivity contribution in [2.24, 2.45) is 5.92 Å². The number of benzene rings is 3. The number of aromatic nitrogens is 2. The molecule has 0 saturated carbocycles. The molecular formula is C32H31N3O2S2. The summed E-state index contributed by atoms with van der Waals surface area (Å²) in [6.45, 7) is 8.99. The Morgan fingerprint density at radius 1 is 1.00 bits per heavy atom. The number of aryl methyl sites for hydroxylation is 1. The predicted molar refractivity (Wildman–Crippen MR) is 164 cm³/mol. The number of amides is 1. The van der Waals surface area contributed by atoms with E-state index >= 15 is 0 Å². The van der Waals surface area contributed by atoms with Gasteiger partial charge in [0.15, 0.2) is 0 Å². The lowest BCUT2D eigenvalue weighted by Gasteiger charge is -2.23. The maximum atomic E-state index is 13.6. The first-order chi connectivity index (χ1) is 18.8. The fourth-order valence-electron chi connectivity index (χ4n) is 4.48. The number of hydrogen-bond donors (Lipinski definition) is 0. The highest BCUT2D eigenvalue weighted by molar-refractivity contribution is 8.26. The minimum Gasteiger partial charge on any atom is -0.493 e. The van der Waals surface area contributed by atoms with E-state index in [1.54, 1.807) is 4.90 Å². The third-order valence-electron chi connectivity index (χ3n) is 6.56. The molecule has 198 valence electrons. The minimum atomic E-state index is -0.155. The second kappa shape index (κ2) is 11.6. The van der Waals surface area contributed by atoms with E-state index in [-0.39, 0.29) is 11.9 Å². The molecule has 0 unspecified atom stereocenters. The molecule has 1 fully saturated rings. The van der Waals surface area contributed by atoms with Crippen LogP contribution in [0, 0.1) is 12.8 Å². The molecule has 2 heterocycles. The molecule has 7 heteroatoms. The van der Waals surface area contributed by atoms with E-state index in [0.717, 1.165) is 39.4 Å². The summed E-state index contributed by atoms with van der Waals surface area (Å²) in [4.78, 5) is 15.9. The molecule has 5 nitrogen and oxygen atoms in total. The molecule has 1 saturated heterocycles. The molecule has 0 radical (unpaired) electrons. The molecule has 1 aliphatic heterocycles. The van der Waals surface area contributed by atoms with Crippen LogP contribution in [0.2, 0.25) is 0 Å². The van der Waals surface area contributed by atoms with Gasteiger partial charge < -0.3 is 4.74 Å². The quantitative estimate of drug-likeness (QED) is 0.164. The van der Waals surface area contributed by atoms with Crippen LogP contribution in [0.1, 0.15) is 43.5 Å². The average Bonchev–Trinajstić information content (AvgIpc) is 3.48. The maximum absolute atomic E-state index is 13.6. The molecule has 0 bridgehead atoms. The van der Waals surface area contributed by atoms with Crippen molar-refractivity contribution in [1.82, 2.24) is 14.7 Å². The summed E-state index contributed by atoms with van der Waals surface area (Å²) in [6.07, 6.45) is 3.88. The number of rotatable bonds is 8. The van der Waals surface area contributed by atoms with Gasteiger partial charge >= 0.3 is 0 Å². The second-order valence-corrected chi connectivity index (χ2v) is 11.7. The lowest BCUT2D eigenvalue weighted by atomic mass is 10.0. The number of ether oxygens (including phenoxy) is 1. The normalized spacial score (nSPS) is 15.4. The summed E-state index contributed by atoms with van der Waals surface area (Å²) in [5, 5.41) is 4.95. The summed E-state index contributed by atoms with van der Waals surface area (Å²) in [5.41, 5.74) is 5.62. The van der Waals surface area contributed by atoms with Crippen molar-refractivity contribution in [1.29, 1.82) is 0 Å². The van der Waals surface area contributed by atoms with Crippen LogP contribution >= 0.6 is 24.0 Å². The fraction of sp³-hybridized carbons (Fsp3) is 0.219. The Morgan fingerprint density at radius 3 is 2.36 bits per heavy atom. The smallest absolute Gasteiger partial charge is 0.266 e.